The van der Waals surface area contributed by atoms with Crippen molar-refractivity contribution < 1.29 is 9.13 Å². The van der Waals surface area contributed by atoms with Crippen LogP contribution in [0.25, 0.3) is 0 Å². The summed E-state index contributed by atoms with van der Waals surface area (Å²) in [5.74, 6) is 0.119. The maximum Gasteiger partial charge on any atom is 0.165 e. The van der Waals surface area contributed by atoms with Crippen molar-refractivity contribution in [2.45, 2.75) is 18.9 Å². The molecular weight excluding hydrogens is 207 g/mol. The molecule has 0 amide bonds. The summed E-state index contributed by atoms with van der Waals surface area (Å²) in [4.78, 5) is 0. The van der Waals surface area contributed by atoms with E-state index < -0.39 is 0 Å². The number of fused-ring (bicyclic) bond motifs is 1. The first-order chi connectivity index (χ1) is 7.83. The summed E-state index contributed by atoms with van der Waals surface area (Å²) >= 11 is 0. The number of benzene rings is 1. The molecule has 1 aliphatic rings. The summed E-state index contributed by atoms with van der Waals surface area (Å²) in [5.41, 5.74) is 6.38. The van der Waals surface area contributed by atoms with Gasteiger partial charge in [0.1, 0.15) is 0 Å². The molecule has 0 saturated carbocycles. The summed E-state index contributed by atoms with van der Waals surface area (Å²) in [5, 5.41) is 3.32. The van der Waals surface area contributed by atoms with Gasteiger partial charge in [0.2, 0.25) is 0 Å². The lowest BCUT2D eigenvalue weighted by Crippen LogP contribution is -2.27. The van der Waals surface area contributed by atoms with E-state index >= 15 is 0 Å². The van der Waals surface area contributed by atoms with Gasteiger partial charge < -0.3 is 15.8 Å². The molecule has 0 aliphatic carbocycles. The average molecular weight is 224 g/mol. The largest absolute Gasteiger partial charge is 0.490 e. The molecule has 3 N–H and O–H groups in total. The summed E-state index contributed by atoms with van der Waals surface area (Å²) in [6.45, 7) is 1.90. The van der Waals surface area contributed by atoms with Crippen LogP contribution in [0.3, 0.4) is 0 Å². The highest BCUT2D eigenvalue weighted by Gasteiger charge is 2.21. The fourth-order valence-electron chi connectivity index (χ4n) is 2.04. The third-order valence-corrected chi connectivity index (χ3v) is 2.79. The molecule has 2 rings (SSSR count). The summed E-state index contributed by atoms with van der Waals surface area (Å²) < 4.78 is 19.0. The summed E-state index contributed by atoms with van der Waals surface area (Å²) in [6.07, 6.45) is 1.88. The fourth-order valence-corrected chi connectivity index (χ4v) is 2.04. The molecule has 1 unspecified atom stereocenters. The maximum atomic E-state index is 13.6. The molecule has 0 saturated heterocycles. The molecule has 1 heterocycles. The van der Waals surface area contributed by atoms with Gasteiger partial charge in [-0.25, -0.2) is 4.39 Å². The molecule has 0 aromatic heterocycles. The predicted octanol–water partition coefficient (Wildman–Crippen LogP) is 1.59. The average Bonchev–Trinajstić information content (AvgIpc) is 2.50. The van der Waals surface area contributed by atoms with Crippen LogP contribution in [0.2, 0.25) is 0 Å². The van der Waals surface area contributed by atoms with Crippen molar-refractivity contribution in [1.29, 1.82) is 0 Å². The van der Waals surface area contributed by atoms with Crippen LogP contribution < -0.4 is 15.8 Å². The standard InChI is InChI=1S/C12H17FN2O/c13-10-4-1-3-9-11(15-7-6-14)5-2-8-16-12(9)10/h1,3-4,11,15H,2,5-8,14H2. The van der Waals surface area contributed by atoms with Crippen LogP contribution in [0.5, 0.6) is 5.75 Å². The zero-order chi connectivity index (χ0) is 11.4. The van der Waals surface area contributed by atoms with Crippen LogP contribution in [-0.2, 0) is 0 Å². The van der Waals surface area contributed by atoms with Crippen LogP contribution in [0.1, 0.15) is 24.4 Å². The van der Waals surface area contributed by atoms with Crippen LogP contribution in [-0.4, -0.2) is 19.7 Å². The van der Waals surface area contributed by atoms with Gasteiger partial charge >= 0.3 is 0 Å². The van der Waals surface area contributed by atoms with Crippen LogP contribution >= 0.6 is 0 Å². The Hall–Kier alpha value is -1.13. The van der Waals surface area contributed by atoms with Crippen LogP contribution in [0.15, 0.2) is 18.2 Å². The molecule has 1 aromatic rings. The maximum absolute atomic E-state index is 13.6. The van der Waals surface area contributed by atoms with Crippen molar-refractivity contribution in [2.24, 2.45) is 5.73 Å². The normalized spacial score (nSPS) is 19.8. The predicted molar refractivity (Wildman–Crippen MR) is 60.9 cm³/mol. The minimum atomic E-state index is -0.279. The van der Waals surface area contributed by atoms with Gasteiger partial charge in [-0.05, 0) is 18.9 Å². The summed E-state index contributed by atoms with van der Waals surface area (Å²) in [6, 6.07) is 5.22. The first-order valence-electron chi connectivity index (χ1n) is 5.67. The molecule has 3 nitrogen and oxygen atoms in total. The van der Waals surface area contributed by atoms with E-state index in [1.54, 1.807) is 6.07 Å². The number of nitrogens with two attached hydrogens (primary N) is 1. The molecule has 1 atom stereocenters. The number of ether oxygens (including phenoxy) is 1. The second kappa shape index (κ2) is 5.27. The lowest BCUT2D eigenvalue weighted by Gasteiger charge is -2.18. The van der Waals surface area contributed by atoms with E-state index in [4.69, 9.17) is 10.5 Å². The highest BCUT2D eigenvalue weighted by Crippen LogP contribution is 2.33. The molecular formula is C12H17FN2O. The Kier molecular flexibility index (Phi) is 3.74. The van der Waals surface area contributed by atoms with Crippen LogP contribution in [0, 0.1) is 5.82 Å². The second-order valence-corrected chi connectivity index (χ2v) is 3.94. The molecule has 0 bridgehead atoms. The van der Waals surface area contributed by atoms with Crippen molar-refractivity contribution >= 4 is 0 Å². The van der Waals surface area contributed by atoms with Crippen molar-refractivity contribution in [3.8, 4) is 5.75 Å². The Labute approximate surface area is 94.8 Å². The first-order valence-corrected chi connectivity index (χ1v) is 5.67. The smallest absolute Gasteiger partial charge is 0.165 e. The minimum absolute atomic E-state index is 0.150. The molecule has 0 spiro atoms. The number of para-hydroxylation sites is 1. The number of hydrogen-bond acceptors (Lipinski definition) is 3. The van der Waals surface area contributed by atoms with E-state index in [1.165, 1.54) is 6.07 Å². The zero-order valence-electron chi connectivity index (χ0n) is 9.21. The number of hydrogen-bond donors (Lipinski definition) is 2. The van der Waals surface area contributed by atoms with Gasteiger partial charge in [0, 0.05) is 24.7 Å². The highest BCUT2D eigenvalue weighted by molar-refractivity contribution is 5.38. The number of rotatable bonds is 3. The fraction of sp³-hybridized carbons (Fsp3) is 0.500. The molecule has 16 heavy (non-hydrogen) atoms. The van der Waals surface area contributed by atoms with Crippen molar-refractivity contribution in [1.82, 2.24) is 5.32 Å². The molecule has 0 fully saturated rings. The van der Waals surface area contributed by atoms with Crippen molar-refractivity contribution in [3.05, 3.63) is 29.6 Å². The molecule has 4 heteroatoms. The molecule has 1 aliphatic heterocycles. The zero-order valence-corrected chi connectivity index (χ0v) is 9.21. The number of nitrogens with one attached hydrogen (secondary N) is 1. The van der Waals surface area contributed by atoms with Gasteiger partial charge in [-0.1, -0.05) is 12.1 Å². The number of halogens is 1. The Bertz CT molecular complexity index is 357. The van der Waals surface area contributed by atoms with Gasteiger partial charge in [0.25, 0.3) is 0 Å². The monoisotopic (exact) mass is 224 g/mol. The topological polar surface area (TPSA) is 47.3 Å². The third kappa shape index (κ3) is 2.33. The van der Waals surface area contributed by atoms with Gasteiger partial charge in [0.05, 0.1) is 6.61 Å². The Balaban J connectivity index is 2.26. The summed E-state index contributed by atoms with van der Waals surface area (Å²) in [7, 11) is 0. The van der Waals surface area contributed by atoms with Crippen molar-refractivity contribution in [2.75, 3.05) is 19.7 Å². The Morgan fingerprint density at radius 1 is 1.50 bits per heavy atom. The highest BCUT2D eigenvalue weighted by atomic mass is 19.1. The third-order valence-electron chi connectivity index (χ3n) is 2.79. The molecule has 88 valence electrons. The van der Waals surface area contributed by atoms with Gasteiger partial charge in [0.15, 0.2) is 11.6 Å². The van der Waals surface area contributed by atoms with E-state index in [9.17, 15) is 4.39 Å². The van der Waals surface area contributed by atoms with Crippen LogP contribution in [0.4, 0.5) is 4.39 Å². The lowest BCUT2D eigenvalue weighted by atomic mass is 10.0. The SMILES string of the molecule is NCCNC1CCCOc2c(F)cccc21. The second-order valence-electron chi connectivity index (χ2n) is 3.94. The molecule has 0 radical (unpaired) electrons. The van der Waals surface area contributed by atoms with E-state index in [1.807, 2.05) is 6.07 Å². The molecule has 1 aromatic carbocycles. The van der Waals surface area contributed by atoms with Gasteiger partial charge in [-0.15, -0.1) is 0 Å². The lowest BCUT2D eigenvalue weighted by molar-refractivity contribution is 0.300. The first kappa shape index (κ1) is 11.4. The van der Waals surface area contributed by atoms with E-state index in [2.05, 4.69) is 5.32 Å². The van der Waals surface area contributed by atoms with E-state index in [-0.39, 0.29) is 11.9 Å². The quantitative estimate of drug-likeness (QED) is 0.819. The van der Waals surface area contributed by atoms with Gasteiger partial charge in [-0.2, -0.15) is 0 Å². The minimum Gasteiger partial charge on any atom is -0.490 e. The Morgan fingerprint density at radius 2 is 2.38 bits per heavy atom. The van der Waals surface area contributed by atoms with E-state index in [0.717, 1.165) is 24.9 Å². The Morgan fingerprint density at radius 3 is 3.19 bits per heavy atom. The van der Waals surface area contributed by atoms with Crippen molar-refractivity contribution in [3.63, 3.8) is 0 Å². The van der Waals surface area contributed by atoms with Gasteiger partial charge in [-0.3, -0.25) is 0 Å². The van der Waals surface area contributed by atoms with E-state index in [0.29, 0.717) is 18.9 Å².